The molecule has 2 aromatic rings. The van der Waals surface area contributed by atoms with Gasteiger partial charge in [-0.1, -0.05) is 17.7 Å². The first-order valence-corrected chi connectivity index (χ1v) is 15.5. The average molecular weight is 612 g/mol. The molecule has 43 heavy (non-hydrogen) atoms. The van der Waals surface area contributed by atoms with Gasteiger partial charge in [0.1, 0.15) is 23.8 Å². The second-order valence-electron chi connectivity index (χ2n) is 12.2. The molecule has 11 nitrogen and oxygen atoms in total. The van der Waals surface area contributed by atoms with E-state index < -0.39 is 0 Å². The Bertz CT molecular complexity index is 1320. The first kappa shape index (κ1) is 31.0. The first-order chi connectivity index (χ1) is 20.6. The summed E-state index contributed by atoms with van der Waals surface area (Å²) < 4.78 is 5.93. The van der Waals surface area contributed by atoms with Crippen LogP contribution in [-0.2, 0) is 9.53 Å². The van der Waals surface area contributed by atoms with E-state index in [1.165, 1.54) is 6.33 Å². The summed E-state index contributed by atoms with van der Waals surface area (Å²) in [7, 11) is 3.76. The van der Waals surface area contributed by atoms with E-state index in [9.17, 15) is 14.4 Å². The summed E-state index contributed by atoms with van der Waals surface area (Å²) in [6.45, 7) is 9.35. The van der Waals surface area contributed by atoms with Crippen LogP contribution in [0.3, 0.4) is 0 Å². The molecule has 0 radical (unpaired) electrons. The maximum absolute atomic E-state index is 13.4. The number of carbonyl (C=O) groups excluding carboxylic acids is 3. The molecule has 3 aliphatic heterocycles. The maximum atomic E-state index is 13.4. The summed E-state index contributed by atoms with van der Waals surface area (Å²) in [5.41, 5.74) is 2.21. The largest absolute Gasteiger partial charge is 0.446 e. The zero-order valence-electron chi connectivity index (χ0n) is 25.5. The van der Waals surface area contributed by atoms with Crippen molar-refractivity contribution >= 4 is 41.0 Å². The fourth-order valence-electron chi connectivity index (χ4n) is 6.46. The van der Waals surface area contributed by atoms with Gasteiger partial charge in [-0.2, -0.15) is 0 Å². The van der Waals surface area contributed by atoms with Crippen LogP contribution < -0.4 is 9.80 Å². The Labute approximate surface area is 258 Å². The molecule has 3 amide bonds. The van der Waals surface area contributed by atoms with Crippen LogP contribution in [0, 0.1) is 18.8 Å². The molecule has 0 bridgehead atoms. The van der Waals surface area contributed by atoms with E-state index in [1.54, 1.807) is 22.9 Å². The highest BCUT2D eigenvalue weighted by molar-refractivity contribution is 6.31. The molecule has 3 saturated heterocycles. The van der Waals surface area contributed by atoms with Gasteiger partial charge in [0.25, 0.3) is 5.91 Å². The number of amides is 3. The molecule has 12 heteroatoms. The third-order valence-electron chi connectivity index (χ3n) is 8.89. The number of benzene rings is 1. The summed E-state index contributed by atoms with van der Waals surface area (Å²) in [6, 6.07) is 5.65. The monoisotopic (exact) mass is 611 g/mol. The highest BCUT2D eigenvalue weighted by atomic mass is 35.5. The van der Waals surface area contributed by atoms with Crippen LogP contribution in [0.1, 0.15) is 42.1 Å². The number of rotatable bonds is 8. The van der Waals surface area contributed by atoms with Crippen molar-refractivity contribution in [3.63, 3.8) is 0 Å². The molecule has 3 fully saturated rings. The van der Waals surface area contributed by atoms with Gasteiger partial charge in [-0.15, -0.1) is 0 Å². The van der Waals surface area contributed by atoms with E-state index in [-0.39, 0.29) is 24.0 Å². The minimum atomic E-state index is -0.379. The predicted molar refractivity (Wildman–Crippen MR) is 166 cm³/mol. The lowest BCUT2D eigenvalue weighted by molar-refractivity contribution is -0.130. The Balaban J connectivity index is 1.15. The lowest BCUT2D eigenvalue weighted by Gasteiger charge is -2.32. The summed E-state index contributed by atoms with van der Waals surface area (Å²) in [5, 5.41) is 0.608. The summed E-state index contributed by atoms with van der Waals surface area (Å²) >= 11 is 6.43. The Morgan fingerprint density at radius 2 is 1.74 bits per heavy atom. The van der Waals surface area contributed by atoms with Crippen molar-refractivity contribution in [1.29, 1.82) is 0 Å². The van der Waals surface area contributed by atoms with Crippen LogP contribution in [0.5, 0.6) is 0 Å². The van der Waals surface area contributed by atoms with Crippen molar-refractivity contribution in [2.75, 3.05) is 76.3 Å². The van der Waals surface area contributed by atoms with Gasteiger partial charge in [0.2, 0.25) is 5.91 Å². The number of likely N-dealkylation sites (tertiary alicyclic amines) is 3. The Morgan fingerprint density at radius 1 is 1.05 bits per heavy atom. The van der Waals surface area contributed by atoms with Crippen molar-refractivity contribution in [1.82, 2.24) is 24.7 Å². The lowest BCUT2D eigenvalue weighted by atomic mass is 10.0. The number of anilines is 2. The molecular formula is C31H42ClN7O4. The first-order valence-electron chi connectivity index (χ1n) is 15.1. The fraction of sp³-hybridized carbons (Fsp3) is 0.581. The number of hydrogen-bond acceptors (Lipinski definition) is 8. The van der Waals surface area contributed by atoms with Gasteiger partial charge < -0.3 is 24.3 Å². The van der Waals surface area contributed by atoms with Gasteiger partial charge >= 0.3 is 6.09 Å². The number of carbonyl (C=O) groups is 3. The smallest absolute Gasteiger partial charge is 0.414 e. The van der Waals surface area contributed by atoms with Crippen molar-refractivity contribution in [2.45, 2.75) is 39.2 Å². The number of aromatic nitrogens is 2. The molecule has 0 N–H and O–H groups in total. The van der Waals surface area contributed by atoms with E-state index in [2.05, 4.69) is 14.9 Å². The van der Waals surface area contributed by atoms with E-state index in [0.717, 1.165) is 50.4 Å². The zero-order chi connectivity index (χ0) is 30.7. The third-order valence-corrected chi connectivity index (χ3v) is 9.30. The molecule has 4 heterocycles. The molecular weight excluding hydrogens is 570 g/mol. The molecule has 0 aliphatic carbocycles. The van der Waals surface area contributed by atoms with Crippen LogP contribution >= 0.6 is 11.6 Å². The molecule has 2 unspecified atom stereocenters. The number of fused-ring (bicyclic) bond motifs is 1. The molecule has 2 atom stereocenters. The maximum Gasteiger partial charge on any atom is 0.414 e. The number of halogens is 1. The fourth-order valence-corrected chi connectivity index (χ4v) is 6.64. The average Bonchev–Trinajstić information content (AvgIpc) is 3.56. The summed E-state index contributed by atoms with van der Waals surface area (Å²) in [6.07, 6.45) is 4.53. The second kappa shape index (κ2) is 13.5. The van der Waals surface area contributed by atoms with Gasteiger partial charge in [-0.05, 0) is 49.4 Å². The van der Waals surface area contributed by atoms with Crippen LogP contribution in [0.2, 0.25) is 5.02 Å². The number of ether oxygens (including phenoxy) is 1. The molecule has 1 aromatic heterocycles. The quantitative estimate of drug-likeness (QED) is 0.447. The summed E-state index contributed by atoms with van der Waals surface area (Å²) in [4.78, 5) is 56.5. The minimum absolute atomic E-state index is 0.0110. The number of hydrogen-bond donors (Lipinski definition) is 0. The molecule has 0 spiro atoms. The lowest BCUT2D eigenvalue weighted by Crippen LogP contribution is -2.43. The van der Waals surface area contributed by atoms with Crippen LogP contribution in [0.15, 0.2) is 30.7 Å². The van der Waals surface area contributed by atoms with Gasteiger partial charge in [-0.3, -0.25) is 14.5 Å². The number of piperidine rings is 1. The van der Waals surface area contributed by atoms with Crippen LogP contribution in [-0.4, -0.2) is 115 Å². The molecule has 232 valence electrons. The van der Waals surface area contributed by atoms with Crippen molar-refractivity contribution < 1.29 is 19.1 Å². The predicted octanol–water partition coefficient (Wildman–Crippen LogP) is 3.55. The zero-order valence-corrected chi connectivity index (χ0v) is 26.3. The minimum Gasteiger partial charge on any atom is -0.446 e. The van der Waals surface area contributed by atoms with Gasteiger partial charge in [0.15, 0.2) is 0 Å². The Hall–Kier alpha value is -3.44. The second-order valence-corrected chi connectivity index (χ2v) is 12.6. The van der Waals surface area contributed by atoms with E-state index in [0.29, 0.717) is 60.7 Å². The third kappa shape index (κ3) is 7.21. The van der Waals surface area contributed by atoms with E-state index >= 15 is 0 Å². The Morgan fingerprint density at radius 3 is 2.37 bits per heavy atom. The van der Waals surface area contributed by atoms with Crippen molar-refractivity contribution in [3.8, 4) is 0 Å². The highest BCUT2D eigenvalue weighted by Crippen LogP contribution is 2.33. The molecule has 5 rings (SSSR count). The summed E-state index contributed by atoms with van der Waals surface area (Å²) in [5.74, 6) is 1.53. The number of aryl methyl sites for hydroxylation is 1. The van der Waals surface area contributed by atoms with Crippen molar-refractivity contribution in [3.05, 3.63) is 46.9 Å². The molecule has 0 saturated carbocycles. The normalized spacial score (nSPS) is 20.7. The SMILES string of the molecule is CC(=O)N1CCC(OC(=O)N(CCCN2CC3CN(C(=O)c4cncnc4N(C)C)CC3C2)c2ccc(C)c(Cl)c2)CC1. The van der Waals surface area contributed by atoms with Gasteiger partial charge in [0.05, 0.1) is 0 Å². The highest BCUT2D eigenvalue weighted by Gasteiger charge is 2.42. The number of nitrogens with zero attached hydrogens (tertiary/aromatic N) is 7. The van der Waals surface area contributed by atoms with Gasteiger partial charge in [-0.25, -0.2) is 14.8 Å². The van der Waals surface area contributed by atoms with E-state index in [4.69, 9.17) is 16.3 Å². The standard InChI is InChI=1S/C31H42ClN7O4/c1-21-6-7-25(14-28(21)32)39(31(42)43-26-8-12-37(13-9-26)22(2)40)11-5-10-36-16-23-18-38(19-24(23)17-36)30(41)27-15-33-20-34-29(27)35(3)4/h6-7,14-15,20,23-24,26H,5,8-13,16-19H2,1-4H3. The van der Waals surface area contributed by atoms with Crippen LogP contribution in [0.25, 0.3) is 0 Å². The van der Waals surface area contributed by atoms with Crippen LogP contribution in [0.4, 0.5) is 16.3 Å². The topological polar surface area (TPSA) is 102 Å². The Kier molecular flexibility index (Phi) is 9.71. The van der Waals surface area contributed by atoms with E-state index in [1.807, 2.05) is 49.0 Å². The molecule has 3 aliphatic rings. The van der Waals surface area contributed by atoms with Gasteiger partial charge in [0, 0.05) is 96.6 Å². The molecule has 1 aromatic carbocycles. The van der Waals surface area contributed by atoms with Crippen molar-refractivity contribution in [2.24, 2.45) is 11.8 Å².